The highest BCUT2D eigenvalue weighted by atomic mass is 16.2. The van der Waals surface area contributed by atoms with E-state index in [2.05, 4.69) is 38.7 Å². The lowest BCUT2D eigenvalue weighted by molar-refractivity contribution is -0.130. The molecule has 0 atom stereocenters. The third-order valence-corrected chi connectivity index (χ3v) is 6.71. The van der Waals surface area contributed by atoms with E-state index in [1.807, 2.05) is 29.7 Å². The van der Waals surface area contributed by atoms with Crippen LogP contribution < -0.4 is 0 Å². The molecule has 0 saturated carbocycles. The summed E-state index contributed by atoms with van der Waals surface area (Å²) in [6.45, 7) is 11.3. The average Bonchev–Trinajstić information content (AvgIpc) is 3.08. The standard InChI is InChI=1S/C24H33N5O2/c1-18-23(25-19(2)29(18)22-9-11-27(12-10-22)20(3)30)24(31)28-15-13-26(14-16-28)17-21-7-5-4-6-8-21/h4-8,22H,9-17H2,1-3H3. The summed E-state index contributed by atoms with van der Waals surface area (Å²) in [6, 6.07) is 10.8. The van der Waals surface area contributed by atoms with E-state index in [0.717, 1.165) is 70.2 Å². The Bertz CT molecular complexity index is 923. The summed E-state index contributed by atoms with van der Waals surface area (Å²) < 4.78 is 2.22. The smallest absolute Gasteiger partial charge is 0.274 e. The average molecular weight is 424 g/mol. The Labute approximate surface area is 184 Å². The van der Waals surface area contributed by atoms with Crippen LogP contribution in [0.15, 0.2) is 30.3 Å². The van der Waals surface area contributed by atoms with Crippen LogP contribution in [0.3, 0.4) is 0 Å². The molecule has 0 N–H and O–H groups in total. The largest absolute Gasteiger partial charge is 0.343 e. The zero-order valence-electron chi connectivity index (χ0n) is 18.9. The van der Waals surface area contributed by atoms with Crippen molar-refractivity contribution in [2.45, 2.75) is 46.2 Å². The quantitative estimate of drug-likeness (QED) is 0.759. The number of aromatic nitrogens is 2. The maximum Gasteiger partial charge on any atom is 0.274 e. The molecule has 0 radical (unpaired) electrons. The van der Waals surface area contributed by atoms with Gasteiger partial charge >= 0.3 is 0 Å². The van der Waals surface area contributed by atoms with Crippen molar-refractivity contribution in [3.8, 4) is 0 Å². The zero-order valence-corrected chi connectivity index (χ0v) is 18.9. The van der Waals surface area contributed by atoms with Crippen molar-refractivity contribution in [3.63, 3.8) is 0 Å². The molecule has 31 heavy (non-hydrogen) atoms. The Morgan fingerprint density at radius 2 is 1.58 bits per heavy atom. The topological polar surface area (TPSA) is 61.7 Å². The molecule has 7 heteroatoms. The fraction of sp³-hybridized carbons (Fsp3) is 0.542. The van der Waals surface area contributed by atoms with E-state index in [9.17, 15) is 9.59 Å². The van der Waals surface area contributed by atoms with Crippen LogP contribution in [0.2, 0.25) is 0 Å². The van der Waals surface area contributed by atoms with Crippen molar-refractivity contribution < 1.29 is 9.59 Å². The van der Waals surface area contributed by atoms with Gasteiger partial charge in [0.2, 0.25) is 5.91 Å². The van der Waals surface area contributed by atoms with E-state index in [4.69, 9.17) is 0 Å². The van der Waals surface area contributed by atoms with Gasteiger partial charge in [-0.2, -0.15) is 0 Å². The lowest BCUT2D eigenvalue weighted by Gasteiger charge is -2.34. The van der Waals surface area contributed by atoms with Crippen LogP contribution in [-0.2, 0) is 11.3 Å². The van der Waals surface area contributed by atoms with Crippen molar-refractivity contribution in [2.24, 2.45) is 0 Å². The number of nitrogens with zero attached hydrogens (tertiary/aromatic N) is 5. The Morgan fingerprint density at radius 3 is 2.19 bits per heavy atom. The van der Waals surface area contributed by atoms with Crippen LogP contribution in [0.5, 0.6) is 0 Å². The highest BCUT2D eigenvalue weighted by molar-refractivity contribution is 5.93. The molecule has 7 nitrogen and oxygen atoms in total. The first-order valence-electron chi connectivity index (χ1n) is 11.3. The maximum atomic E-state index is 13.3. The second kappa shape index (κ2) is 9.22. The van der Waals surface area contributed by atoms with E-state index in [1.165, 1.54) is 5.56 Å². The number of aryl methyl sites for hydroxylation is 1. The molecule has 3 heterocycles. The second-order valence-corrected chi connectivity index (χ2v) is 8.75. The summed E-state index contributed by atoms with van der Waals surface area (Å²) in [5.74, 6) is 1.07. The van der Waals surface area contributed by atoms with Crippen LogP contribution in [0, 0.1) is 13.8 Å². The zero-order chi connectivity index (χ0) is 22.0. The molecule has 2 aromatic rings. The van der Waals surface area contributed by atoms with Gasteiger partial charge in [0.05, 0.1) is 0 Å². The van der Waals surface area contributed by atoms with Crippen molar-refractivity contribution in [1.29, 1.82) is 0 Å². The number of benzene rings is 1. The normalized spacial score (nSPS) is 18.4. The molecule has 4 rings (SSSR count). The van der Waals surface area contributed by atoms with Gasteiger partial charge in [-0.05, 0) is 32.3 Å². The minimum atomic E-state index is 0.0416. The van der Waals surface area contributed by atoms with Gasteiger partial charge in [-0.1, -0.05) is 30.3 Å². The second-order valence-electron chi connectivity index (χ2n) is 8.75. The van der Waals surface area contributed by atoms with Crippen molar-refractivity contribution in [1.82, 2.24) is 24.3 Å². The number of amides is 2. The van der Waals surface area contributed by atoms with Gasteiger partial charge < -0.3 is 14.4 Å². The summed E-state index contributed by atoms with van der Waals surface area (Å²) in [6.07, 6.45) is 1.81. The fourth-order valence-corrected chi connectivity index (χ4v) is 4.93. The first kappa shape index (κ1) is 21.6. The van der Waals surface area contributed by atoms with E-state index < -0.39 is 0 Å². The van der Waals surface area contributed by atoms with Gasteiger partial charge in [0, 0.05) is 64.5 Å². The number of piperidine rings is 1. The molecule has 0 aliphatic carbocycles. The lowest BCUT2D eigenvalue weighted by Crippen LogP contribution is -2.48. The molecule has 2 aliphatic heterocycles. The van der Waals surface area contributed by atoms with E-state index in [-0.39, 0.29) is 11.8 Å². The molecule has 2 saturated heterocycles. The van der Waals surface area contributed by atoms with E-state index in [1.54, 1.807) is 6.92 Å². The highest BCUT2D eigenvalue weighted by Gasteiger charge is 2.30. The lowest BCUT2D eigenvalue weighted by atomic mass is 10.0. The van der Waals surface area contributed by atoms with Crippen molar-refractivity contribution >= 4 is 11.8 Å². The molecule has 2 aliphatic rings. The van der Waals surface area contributed by atoms with Gasteiger partial charge in [-0.3, -0.25) is 14.5 Å². The third kappa shape index (κ3) is 4.66. The first-order chi connectivity index (χ1) is 14.9. The molecule has 0 spiro atoms. The minimum Gasteiger partial charge on any atom is -0.343 e. The molecule has 166 valence electrons. The summed E-state index contributed by atoms with van der Waals surface area (Å²) in [5, 5.41) is 0. The number of carbonyl (C=O) groups is 2. The van der Waals surface area contributed by atoms with Gasteiger partial charge in [-0.15, -0.1) is 0 Å². The Balaban J connectivity index is 1.38. The van der Waals surface area contributed by atoms with Crippen LogP contribution in [0.25, 0.3) is 0 Å². The predicted molar refractivity (Wildman–Crippen MR) is 120 cm³/mol. The van der Waals surface area contributed by atoms with Crippen molar-refractivity contribution in [2.75, 3.05) is 39.3 Å². The number of rotatable bonds is 4. The molecular weight excluding hydrogens is 390 g/mol. The summed E-state index contributed by atoms with van der Waals surface area (Å²) in [5.41, 5.74) is 2.85. The number of hydrogen-bond acceptors (Lipinski definition) is 4. The molecule has 2 fully saturated rings. The minimum absolute atomic E-state index is 0.0416. The maximum absolute atomic E-state index is 13.3. The highest BCUT2D eigenvalue weighted by Crippen LogP contribution is 2.27. The predicted octanol–water partition coefficient (Wildman–Crippen LogP) is 2.64. The van der Waals surface area contributed by atoms with Gasteiger partial charge in [0.1, 0.15) is 11.5 Å². The molecule has 0 unspecified atom stereocenters. The van der Waals surface area contributed by atoms with Crippen LogP contribution in [-0.4, -0.2) is 75.3 Å². The molecule has 1 aromatic heterocycles. The first-order valence-corrected chi connectivity index (χ1v) is 11.3. The molecule has 0 bridgehead atoms. The monoisotopic (exact) mass is 423 g/mol. The fourth-order valence-electron chi connectivity index (χ4n) is 4.93. The Hall–Kier alpha value is -2.67. The van der Waals surface area contributed by atoms with Crippen LogP contribution in [0.1, 0.15) is 53.4 Å². The van der Waals surface area contributed by atoms with Gasteiger partial charge in [0.25, 0.3) is 5.91 Å². The SMILES string of the molecule is CC(=O)N1CCC(n2c(C)nc(C(=O)N3CCN(Cc4ccccc4)CC3)c2C)CC1. The van der Waals surface area contributed by atoms with Gasteiger partial charge in [0.15, 0.2) is 0 Å². The molecular formula is C24H33N5O2. The number of likely N-dealkylation sites (tertiary alicyclic amines) is 1. The van der Waals surface area contributed by atoms with Crippen molar-refractivity contribution in [3.05, 3.63) is 53.1 Å². The molecule has 1 aromatic carbocycles. The number of imidazole rings is 1. The summed E-state index contributed by atoms with van der Waals surface area (Å²) in [7, 11) is 0. The van der Waals surface area contributed by atoms with Crippen LogP contribution in [0.4, 0.5) is 0 Å². The summed E-state index contributed by atoms with van der Waals surface area (Å²) >= 11 is 0. The van der Waals surface area contributed by atoms with Gasteiger partial charge in [-0.25, -0.2) is 4.98 Å². The van der Waals surface area contributed by atoms with E-state index in [0.29, 0.717) is 11.7 Å². The number of piperazine rings is 1. The number of carbonyl (C=O) groups excluding carboxylic acids is 2. The number of hydrogen-bond donors (Lipinski definition) is 0. The Morgan fingerprint density at radius 1 is 0.935 bits per heavy atom. The Kier molecular flexibility index (Phi) is 6.41. The van der Waals surface area contributed by atoms with Crippen LogP contribution >= 0.6 is 0 Å². The van der Waals surface area contributed by atoms with E-state index >= 15 is 0 Å². The third-order valence-electron chi connectivity index (χ3n) is 6.71. The summed E-state index contributed by atoms with van der Waals surface area (Å²) in [4.78, 5) is 35.8. The molecule has 2 amide bonds.